The Morgan fingerprint density at radius 2 is 2.33 bits per heavy atom. The van der Waals surface area contributed by atoms with E-state index >= 15 is 0 Å². The van der Waals surface area contributed by atoms with Crippen molar-refractivity contribution in [3.8, 4) is 5.75 Å². The van der Waals surface area contributed by atoms with Gasteiger partial charge in [-0.05, 0) is 25.3 Å². The molecule has 1 aliphatic heterocycles. The van der Waals surface area contributed by atoms with E-state index in [0.717, 1.165) is 24.3 Å². The zero-order valence-electron chi connectivity index (χ0n) is 10.5. The maximum Gasteiger partial charge on any atom is 0.126 e. The Morgan fingerprint density at radius 1 is 1.44 bits per heavy atom. The van der Waals surface area contributed by atoms with E-state index in [2.05, 4.69) is 15.6 Å². The largest absolute Gasteiger partial charge is 0.496 e. The molecule has 4 nitrogen and oxygen atoms in total. The van der Waals surface area contributed by atoms with Gasteiger partial charge >= 0.3 is 0 Å². The number of nitrogens with two attached hydrogens (primary N) is 1. The van der Waals surface area contributed by atoms with Crippen LogP contribution in [0.4, 0.5) is 5.69 Å². The first-order chi connectivity index (χ1) is 8.79. The second-order valence-electron chi connectivity index (χ2n) is 4.70. The molecule has 0 radical (unpaired) electrons. The Labute approximate surface area is 106 Å². The van der Waals surface area contributed by atoms with Crippen LogP contribution in [0.3, 0.4) is 0 Å². The zero-order chi connectivity index (χ0) is 12.5. The summed E-state index contributed by atoms with van der Waals surface area (Å²) < 4.78 is 7.70. The molecular weight excluding hydrogens is 226 g/mol. The highest BCUT2D eigenvalue weighted by Crippen LogP contribution is 2.36. The van der Waals surface area contributed by atoms with Crippen molar-refractivity contribution in [1.29, 1.82) is 0 Å². The van der Waals surface area contributed by atoms with Gasteiger partial charge in [0.15, 0.2) is 0 Å². The van der Waals surface area contributed by atoms with Crippen molar-refractivity contribution in [2.45, 2.75) is 25.3 Å². The third kappa shape index (κ3) is 1.74. The fourth-order valence-electron chi connectivity index (χ4n) is 2.73. The molecule has 94 valence electrons. The van der Waals surface area contributed by atoms with Crippen LogP contribution in [0.2, 0.25) is 0 Å². The van der Waals surface area contributed by atoms with E-state index in [1.165, 1.54) is 17.7 Å². The van der Waals surface area contributed by atoms with Gasteiger partial charge in [0.25, 0.3) is 0 Å². The van der Waals surface area contributed by atoms with Crippen LogP contribution in [-0.2, 0) is 6.42 Å². The quantitative estimate of drug-likeness (QED) is 0.824. The SMILES string of the molecule is COc1cc(N)ccc1C1CCCc2cncn21. The normalized spacial score (nSPS) is 18.4. The number of anilines is 1. The topological polar surface area (TPSA) is 53.1 Å². The predicted molar refractivity (Wildman–Crippen MR) is 70.7 cm³/mol. The van der Waals surface area contributed by atoms with Gasteiger partial charge in [-0.2, -0.15) is 0 Å². The monoisotopic (exact) mass is 243 g/mol. The van der Waals surface area contributed by atoms with Crippen LogP contribution in [0, 0.1) is 0 Å². The van der Waals surface area contributed by atoms with Gasteiger partial charge in [0.1, 0.15) is 5.75 Å². The number of hydrogen-bond acceptors (Lipinski definition) is 3. The first kappa shape index (κ1) is 11.1. The van der Waals surface area contributed by atoms with Gasteiger partial charge in [-0.3, -0.25) is 0 Å². The Morgan fingerprint density at radius 3 is 3.17 bits per heavy atom. The number of ether oxygens (including phenoxy) is 1. The third-order valence-corrected chi connectivity index (χ3v) is 3.61. The summed E-state index contributed by atoms with van der Waals surface area (Å²) in [6.07, 6.45) is 7.27. The van der Waals surface area contributed by atoms with E-state index < -0.39 is 0 Å². The highest BCUT2D eigenvalue weighted by Gasteiger charge is 2.23. The number of nitrogens with zero attached hydrogens (tertiary/aromatic N) is 2. The number of aromatic nitrogens is 2. The number of fused-ring (bicyclic) bond motifs is 1. The Kier molecular flexibility index (Phi) is 2.70. The Balaban J connectivity index is 2.07. The number of benzene rings is 1. The molecule has 1 atom stereocenters. The lowest BCUT2D eigenvalue weighted by Gasteiger charge is -2.27. The van der Waals surface area contributed by atoms with Crippen LogP contribution < -0.4 is 10.5 Å². The van der Waals surface area contributed by atoms with Crippen LogP contribution in [0.25, 0.3) is 0 Å². The number of methoxy groups -OCH3 is 1. The number of nitrogen functional groups attached to an aromatic ring is 1. The van der Waals surface area contributed by atoms with Crippen molar-refractivity contribution in [1.82, 2.24) is 9.55 Å². The van der Waals surface area contributed by atoms with Crippen molar-refractivity contribution < 1.29 is 4.74 Å². The average Bonchev–Trinajstić information content (AvgIpc) is 2.86. The van der Waals surface area contributed by atoms with Crippen molar-refractivity contribution in [2.75, 3.05) is 12.8 Å². The van der Waals surface area contributed by atoms with Gasteiger partial charge in [-0.1, -0.05) is 6.07 Å². The molecule has 18 heavy (non-hydrogen) atoms. The molecule has 0 saturated heterocycles. The van der Waals surface area contributed by atoms with Gasteiger partial charge in [0.05, 0.1) is 19.5 Å². The summed E-state index contributed by atoms with van der Waals surface area (Å²) >= 11 is 0. The van der Waals surface area contributed by atoms with E-state index in [-0.39, 0.29) is 0 Å². The zero-order valence-corrected chi connectivity index (χ0v) is 10.5. The van der Waals surface area contributed by atoms with Crippen molar-refractivity contribution in [2.24, 2.45) is 0 Å². The lowest BCUT2D eigenvalue weighted by atomic mass is 9.95. The number of hydrogen-bond donors (Lipinski definition) is 1. The first-order valence-electron chi connectivity index (χ1n) is 6.23. The fourth-order valence-corrected chi connectivity index (χ4v) is 2.73. The molecule has 0 aliphatic carbocycles. The summed E-state index contributed by atoms with van der Waals surface area (Å²) in [5.41, 5.74) is 9.02. The first-order valence-corrected chi connectivity index (χ1v) is 6.23. The molecule has 4 heteroatoms. The number of rotatable bonds is 2. The second kappa shape index (κ2) is 4.37. The lowest BCUT2D eigenvalue weighted by molar-refractivity contribution is 0.388. The summed E-state index contributed by atoms with van der Waals surface area (Å²) in [4.78, 5) is 4.25. The maximum atomic E-state index is 5.81. The molecule has 0 fully saturated rings. The highest BCUT2D eigenvalue weighted by molar-refractivity contribution is 5.50. The minimum atomic E-state index is 0.312. The number of imidazole rings is 1. The van der Waals surface area contributed by atoms with Crippen molar-refractivity contribution >= 4 is 5.69 Å². The summed E-state index contributed by atoms with van der Waals surface area (Å²) in [7, 11) is 1.69. The summed E-state index contributed by atoms with van der Waals surface area (Å²) in [5, 5.41) is 0. The summed E-state index contributed by atoms with van der Waals surface area (Å²) in [6, 6.07) is 6.20. The fraction of sp³-hybridized carbons (Fsp3) is 0.357. The molecular formula is C14H17N3O. The molecule has 1 aromatic carbocycles. The van der Waals surface area contributed by atoms with Gasteiger partial charge in [-0.25, -0.2) is 4.98 Å². The van der Waals surface area contributed by atoms with Crippen LogP contribution in [0.15, 0.2) is 30.7 Å². The van der Waals surface area contributed by atoms with Crippen molar-refractivity contribution in [3.05, 3.63) is 42.0 Å². The van der Waals surface area contributed by atoms with Gasteiger partial charge in [0, 0.05) is 29.2 Å². The molecule has 2 aromatic rings. The smallest absolute Gasteiger partial charge is 0.126 e. The molecule has 0 saturated carbocycles. The second-order valence-corrected chi connectivity index (χ2v) is 4.70. The molecule has 1 aliphatic rings. The molecule has 1 unspecified atom stereocenters. The van der Waals surface area contributed by atoms with Gasteiger partial charge in [-0.15, -0.1) is 0 Å². The van der Waals surface area contributed by atoms with Gasteiger partial charge < -0.3 is 15.0 Å². The molecule has 3 rings (SSSR count). The van der Waals surface area contributed by atoms with E-state index in [4.69, 9.17) is 10.5 Å². The lowest BCUT2D eigenvalue weighted by Crippen LogP contribution is -2.18. The van der Waals surface area contributed by atoms with E-state index in [1.807, 2.05) is 24.7 Å². The molecule has 2 N–H and O–H groups in total. The van der Waals surface area contributed by atoms with E-state index in [0.29, 0.717) is 6.04 Å². The average molecular weight is 243 g/mol. The molecule has 0 spiro atoms. The van der Waals surface area contributed by atoms with Crippen LogP contribution in [0.1, 0.15) is 30.1 Å². The van der Waals surface area contributed by atoms with Crippen LogP contribution in [0.5, 0.6) is 5.75 Å². The minimum absolute atomic E-state index is 0.312. The Bertz CT molecular complexity index is 562. The summed E-state index contributed by atoms with van der Waals surface area (Å²) in [5.74, 6) is 0.863. The number of aryl methyl sites for hydroxylation is 1. The van der Waals surface area contributed by atoms with Gasteiger partial charge in [0.2, 0.25) is 0 Å². The minimum Gasteiger partial charge on any atom is -0.496 e. The van der Waals surface area contributed by atoms with Crippen LogP contribution in [-0.4, -0.2) is 16.7 Å². The highest BCUT2D eigenvalue weighted by atomic mass is 16.5. The van der Waals surface area contributed by atoms with Crippen LogP contribution >= 0.6 is 0 Å². The third-order valence-electron chi connectivity index (χ3n) is 3.61. The molecule has 0 amide bonds. The standard InChI is InChI=1S/C14H17N3O/c1-18-14-7-10(15)5-6-12(14)13-4-2-3-11-8-16-9-17(11)13/h5-9,13H,2-4,15H2,1H3. The molecule has 0 bridgehead atoms. The van der Waals surface area contributed by atoms with E-state index in [9.17, 15) is 0 Å². The van der Waals surface area contributed by atoms with E-state index in [1.54, 1.807) is 7.11 Å². The maximum absolute atomic E-state index is 5.81. The summed E-state index contributed by atoms with van der Waals surface area (Å²) in [6.45, 7) is 0. The molecule has 2 heterocycles. The predicted octanol–water partition coefficient (Wildman–Crippen LogP) is 2.40. The molecule has 1 aromatic heterocycles. The van der Waals surface area contributed by atoms with Crippen molar-refractivity contribution in [3.63, 3.8) is 0 Å². The Hall–Kier alpha value is -1.97.